The maximum Gasteiger partial charge on any atom is 0.315 e. The number of likely N-dealkylation sites (N-methyl/N-ethyl adjacent to an activating group) is 1. The van der Waals surface area contributed by atoms with Crippen LogP contribution in [0.1, 0.15) is 43.4 Å². The number of sulfone groups is 1. The smallest absolute Gasteiger partial charge is 0.315 e. The van der Waals surface area contributed by atoms with Crippen LogP contribution in [0.25, 0.3) is 0 Å². The summed E-state index contributed by atoms with van der Waals surface area (Å²) in [4.78, 5) is 29.0. The first-order valence-corrected chi connectivity index (χ1v) is 14.4. The maximum atomic E-state index is 13.0. The summed E-state index contributed by atoms with van der Waals surface area (Å²) in [5.41, 5.74) is 1.56. The van der Waals surface area contributed by atoms with E-state index < -0.39 is 28.2 Å². The Bertz CT molecular complexity index is 1140. The van der Waals surface area contributed by atoms with Crippen molar-refractivity contribution in [2.45, 2.75) is 56.0 Å². The Balaban J connectivity index is 0.00000507. The Kier molecular flexibility index (Phi) is 12.1. The van der Waals surface area contributed by atoms with Crippen molar-refractivity contribution < 1.29 is 26.8 Å². The molecule has 0 spiro atoms. The molecule has 2 amide bonds. The zero-order valence-electron chi connectivity index (χ0n) is 21.7. The van der Waals surface area contributed by atoms with Gasteiger partial charge in [-0.1, -0.05) is 42.5 Å². The van der Waals surface area contributed by atoms with Gasteiger partial charge in [0.05, 0.1) is 17.4 Å². The molecule has 7 nitrogen and oxygen atoms in total. The minimum absolute atomic E-state index is 0. The molecule has 210 valence electrons. The SMILES string of the molecule is CCN(C(=O)Cc1ccc(S(C)(=O)=O)cc1)C1CCN(CC[C@H](NC(=O)C(F)F)c2ccccc2)CC1.Cl. The van der Waals surface area contributed by atoms with Crippen LogP contribution < -0.4 is 5.32 Å². The Hall–Kier alpha value is -2.56. The molecule has 1 aliphatic heterocycles. The molecule has 1 atom stereocenters. The fourth-order valence-electron chi connectivity index (χ4n) is 4.78. The monoisotopic (exact) mass is 571 g/mol. The van der Waals surface area contributed by atoms with Crippen LogP contribution in [0.5, 0.6) is 0 Å². The fraction of sp³-hybridized carbons (Fsp3) is 0.481. The van der Waals surface area contributed by atoms with E-state index in [1.54, 1.807) is 12.1 Å². The third-order valence-corrected chi connectivity index (χ3v) is 7.94. The highest BCUT2D eigenvalue weighted by Crippen LogP contribution is 2.22. The molecule has 38 heavy (non-hydrogen) atoms. The first kappa shape index (κ1) is 31.7. The predicted molar refractivity (Wildman–Crippen MR) is 145 cm³/mol. The molecule has 11 heteroatoms. The Labute approximate surface area is 229 Å². The van der Waals surface area contributed by atoms with Gasteiger partial charge in [-0.05, 0) is 49.4 Å². The number of rotatable bonds is 11. The van der Waals surface area contributed by atoms with Crippen LogP contribution in [0, 0.1) is 0 Å². The highest BCUT2D eigenvalue weighted by atomic mass is 35.5. The molecule has 0 aromatic heterocycles. The van der Waals surface area contributed by atoms with Crippen LogP contribution in [0.3, 0.4) is 0 Å². The number of hydrogen-bond acceptors (Lipinski definition) is 5. The lowest BCUT2D eigenvalue weighted by Gasteiger charge is -2.38. The van der Waals surface area contributed by atoms with Gasteiger partial charge in [0.1, 0.15) is 0 Å². The zero-order valence-corrected chi connectivity index (χ0v) is 23.3. The van der Waals surface area contributed by atoms with E-state index in [4.69, 9.17) is 0 Å². The minimum atomic E-state index is -3.28. The summed E-state index contributed by atoms with van der Waals surface area (Å²) in [5, 5.41) is 2.46. The average Bonchev–Trinajstić information content (AvgIpc) is 2.88. The molecule has 0 aliphatic carbocycles. The van der Waals surface area contributed by atoms with Gasteiger partial charge < -0.3 is 15.1 Å². The van der Waals surface area contributed by atoms with Gasteiger partial charge in [-0.3, -0.25) is 9.59 Å². The molecular formula is C27H36ClF2N3O4S. The third-order valence-electron chi connectivity index (χ3n) is 6.82. The molecule has 1 fully saturated rings. The molecule has 0 unspecified atom stereocenters. The molecule has 0 bridgehead atoms. The quantitative estimate of drug-likeness (QED) is 0.442. The van der Waals surface area contributed by atoms with Crippen LogP contribution >= 0.6 is 12.4 Å². The van der Waals surface area contributed by atoms with Crippen LogP contribution in [0.4, 0.5) is 8.78 Å². The molecule has 1 saturated heterocycles. The molecule has 1 heterocycles. The van der Waals surface area contributed by atoms with E-state index in [0.717, 1.165) is 43.3 Å². The fourth-order valence-corrected chi connectivity index (χ4v) is 5.41. The summed E-state index contributed by atoms with van der Waals surface area (Å²) in [6.07, 6.45) is 0.405. The number of carbonyl (C=O) groups is 2. The first-order chi connectivity index (χ1) is 17.6. The van der Waals surface area contributed by atoms with E-state index in [9.17, 15) is 26.8 Å². The van der Waals surface area contributed by atoms with Gasteiger partial charge in [-0.25, -0.2) is 8.42 Å². The van der Waals surface area contributed by atoms with Gasteiger partial charge in [0.25, 0.3) is 5.91 Å². The van der Waals surface area contributed by atoms with E-state index in [0.29, 0.717) is 19.5 Å². The van der Waals surface area contributed by atoms with Crippen molar-refractivity contribution >= 4 is 34.1 Å². The van der Waals surface area contributed by atoms with Crippen molar-refractivity contribution in [3.63, 3.8) is 0 Å². The number of benzene rings is 2. The molecule has 2 aromatic carbocycles. The standard InChI is InChI=1S/C27H35F2N3O4S.ClH/c1-3-32(25(33)19-20-9-11-23(12-10-20)37(2,35)36)22-13-16-31(17-14-22)18-15-24(30-27(34)26(28)29)21-7-5-4-6-8-21;/h4-12,22,24,26H,3,13-19H2,1-2H3,(H,30,34);1H/t24-;/m0./s1. The number of carbonyl (C=O) groups excluding carboxylic acids is 2. The van der Waals surface area contributed by atoms with Crippen molar-refractivity contribution in [1.82, 2.24) is 15.1 Å². The van der Waals surface area contributed by atoms with E-state index in [2.05, 4.69) is 10.2 Å². The summed E-state index contributed by atoms with van der Waals surface area (Å²) >= 11 is 0. The van der Waals surface area contributed by atoms with E-state index in [-0.39, 0.29) is 35.7 Å². The molecule has 1 N–H and O–H groups in total. The highest BCUT2D eigenvalue weighted by molar-refractivity contribution is 7.90. The van der Waals surface area contributed by atoms with Gasteiger partial charge in [0.2, 0.25) is 5.91 Å². The normalized spacial score (nSPS) is 15.5. The molecule has 0 saturated carbocycles. The molecule has 0 radical (unpaired) electrons. The molecular weight excluding hydrogens is 536 g/mol. The minimum Gasteiger partial charge on any atom is -0.344 e. The maximum absolute atomic E-state index is 13.0. The largest absolute Gasteiger partial charge is 0.344 e. The number of halogens is 3. The Morgan fingerprint density at radius 3 is 2.18 bits per heavy atom. The Morgan fingerprint density at radius 1 is 1.05 bits per heavy atom. The summed E-state index contributed by atoms with van der Waals surface area (Å²) in [7, 11) is -3.28. The van der Waals surface area contributed by atoms with Crippen molar-refractivity contribution in [3.05, 3.63) is 65.7 Å². The van der Waals surface area contributed by atoms with Crippen LogP contribution in [0.2, 0.25) is 0 Å². The summed E-state index contributed by atoms with van der Waals surface area (Å²) in [6, 6.07) is 15.1. The summed E-state index contributed by atoms with van der Waals surface area (Å²) in [5.74, 6) is -1.26. The summed E-state index contributed by atoms with van der Waals surface area (Å²) < 4.78 is 49.0. The predicted octanol–water partition coefficient (Wildman–Crippen LogP) is 3.88. The van der Waals surface area contributed by atoms with Crippen molar-refractivity contribution in [2.24, 2.45) is 0 Å². The number of hydrogen-bond donors (Lipinski definition) is 1. The molecule has 2 aromatic rings. The van der Waals surface area contributed by atoms with Gasteiger partial charge in [0.15, 0.2) is 9.84 Å². The second-order valence-electron chi connectivity index (χ2n) is 9.41. The highest BCUT2D eigenvalue weighted by Gasteiger charge is 2.28. The second-order valence-corrected chi connectivity index (χ2v) is 11.4. The second kappa shape index (κ2) is 14.6. The Morgan fingerprint density at radius 2 is 1.66 bits per heavy atom. The number of piperidine rings is 1. The van der Waals surface area contributed by atoms with Crippen molar-refractivity contribution in [1.29, 1.82) is 0 Å². The summed E-state index contributed by atoms with van der Waals surface area (Å²) in [6.45, 7) is 4.71. The van der Waals surface area contributed by atoms with Crippen LogP contribution in [-0.2, 0) is 25.8 Å². The molecule has 3 rings (SSSR count). The van der Waals surface area contributed by atoms with Crippen LogP contribution in [0.15, 0.2) is 59.5 Å². The van der Waals surface area contributed by atoms with Crippen LogP contribution in [-0.4, -0.2) is 74.9 Å². The van der Waals surface area contributed by atoms with Gasteiger partial charge in [-0.15, -0.1) is 12.4 Å². The van der Waals surface area contributed by atoms with Gasteiger partial charge in [0, 0.05) is 38.5 Å². The van der Waals surface area contributed by atoms with E-state index in [1.807, 2.05) is 42.2 Å². The number of nitrogens with zero attached hydrogens (tertiary/aromatic N) is 2. The number of likely N-dealkylation sites (tertiary alicyclic amines) is 1. The van der Waals surface area contributed by atoms with Crippen molar-refractivity contribution in [3.8, 4) is 0 Å². The lowest BCUT2D eigenvalue weighted by Crippen LogP contribution is -2.48. The molecule has 1 aliphatic rings. The topological polar surface area (TPSA) is 86.8 Å². The number of nitrogens with one attached hydrogen (secondary N) is 1. The lowest BCUT2D eigenvalue weighted by atomic mass is 9.99. The number of amides is 2. The van der Waals surface area contributed by atoms with E-state index in [1.165, 1.54) is 12.1 Å². The van der Waals surface area contributed by atoms with Crippen molar-refractivity contribution in [2.75, 3.05) is 32.4 Å². The third kappa shape index (κ3) is 9.03. The first-order valence-electron chi connectivity index (χ1n) is 12.5. The zero-order chi connectivity index (χ0) is 27.0. The number of alkyl halides is 2. The van der Waals surface area contributed by atoms with Gasteiger partial charge >= 0.3 is 6.43 Å². The average molecular weight is 572 g/mol. The van der Waals surface area contributed by atoms with Gasteiger partial charge in [-0.2, -0.15) is 8.78 Å². The lowest BCUT2D eigenvalue weighted by molar-refractivity contribution is -0.133. The van der Waals surface area contributed by atoms with E-state index >= 15 is 0 Å².